The molecule has 1 heterocycles. The number of fused-ring (bicyclic) bond motifs is 1. The summed E-state index contributed by atoms with van der Waals surface area (Å²) in [4.78, 5) is 13.8. The number of hydrogen-bond acceptors (Lipinski definition) is 2. The molecule has 2 rings (SSSR count). The third kappa shape index (κ3) is 2.20. The molecule has 0 bridgehead atoms. The number of hydrogen-bond donors (Lipinski definition) is 1. The van der Waals surface area contributed by atoms with Crippen LogP contribution in [0.25, 0.3) is 0 Å². The maximum absolute atomic E-state index is 11.5. The molecule has 0 radical (unpaired) electrons. The van der Waals surface area contributed by atoms with Crippen molar-refractivity contribution in [2.45, 2.75) is 39.7 Å². The molecular formula is C15H20ClNO2. The Morgan fingerprint density at radius 2 is 2.11 bits per heavy atom. The minimum Gasteiger partial charge on any atom is -0.481 e. The highest BCUT2D eigenvalue weighted by molar-refractivity contribution is 6.32. The zero-order chi connectivity index (χ0) is 14.4. The minimum atomic E-state index is -0.830. The van der Waals surface area contributed by atoms with E-state index < -0.39 is 11.4 Å². The number of halogens is 1. The van der Waals surface area contributed by atoms with Crippen LogP contribution in [0.5, 0.6) is 0 Å². The molecule has 1 aliphatic rings. The first-order chi connectivity index (χ1) is 8.76. The average molecular weight is 282 g/mol. The summed E-state index contributed by atoms with van der Waals surface area (Å²) in [5.74, 6) is -0.870. The van der Waals surface area contributed by atoms with Gasteiger partial charge in [0.25, 0.3) is 0 Å². The second-order valence-electron chi connectivity index (χ2n) is 6.00. The Kier molecular flexibility index (Phi) is 3.52. The zero-order valence-corrected chi connectivity index (χ0v) is 12.5. The van der Waals surface area contributed by atoms with E-state index in [0.717, 1.165) is 11.3 Å². The van der Waals surface area contributed by atoms with Crippen molar-refractivity contribution >= 4 is 23.3 Å². The van der Waals surface area contributed by atoms with Crippen LogP contribution in [0.2, 0.25) is 5.02 Å². The van der Waals surface area contributed by atoms with Crippen molar-refractivity contribution < 1.29 is 9.90 Å². The zero-order valence-electron chi connectivity index (χ0n) is 11.8. The summed E-state index contributed by atoms with van der Waals surface area (Å²) in [6.45, 7) is 8.48. The van der Waals surface area contributed by atoms with Crippen LogP contribution >= 0.6 is 11.6 Å². The van der Waals surface area contributed by atoms with Crippen molar-refractivity contribution in [1.82, 2.24) is 0 Å². The molecule has 19 heavy (non-hydrogen) atoms. The van der Waals surface area contributed by atoms with E-state index in [1.54, 1.807) is 13.8 Å². The Balaban J connectivity index is 2.55. The SMILES string of the molecule is CC(C)N1CC(C(C)(C)C(=O)O)c2c(Cl)cccc21. The smallest absolute Gasteiger partial charge is 0.309 e. The highest BCUT2D eigenvalue weighted by Crippen LogP contribution is 2.49. The molecule has 1 N–H and O–H groups in total. The van der Waals surface area contributed by atoms with Gasteiger partial charge < -0.3 is 10.0 Å². The predicted octanol–water partition coefficient (Wildman–Crippen LogP) is 3.76. The number of nitrogens with zero attached hydrogens (tertiary/aromatic N) is 1. The molecule has 104 valence electrons. The van der Waals surface area contributed by atoms with E-state index in [-0.39, 0.29) is 5.92 Å². The molecular weight excluding hydrogens is 262 g/mol. The van der Waals surface area contributed by atoms with Crippen molar-refractivity contribution in [2.75, 3.05) is 11.4 Å². The number of carboxylic acids is 1. The summed E-state index contributed by atoms with van der Waals surface area (Å²) in [5.41, 5.74) is 1.22. The molecule has 1 aromatic rings. The summed E-state index contributed by atoms with van der Waals surface area (Å²) in [6, 6.07) is 6.12. The molecule has 0 saturated carbocycles. The number of carboxylic acid groups (broad SMARTS) is 1. The fraction of sp³-hybridized carbons (Fsp3) is 0.533. The van der Waals surface area contributed by atoms with Crippen molar-refractivity contribution in [3.63, 3.8) is 0 Å². The van der Waals surface area contributed by atoms with Gasteiger partial charge in [0.05, 0.1) is 5.41 Å². The van der Waals surface area contributed by atoms with Crippen molar-refractivity contribution in [2.24, 2.45) is 5.41 Å². The lowest BCUT2D eigenvalue weighted by Crippen LogP contribution is -2.36. The Labute approximate surface area is 119 Å². The summed E-state index contributed by atoms with van der Waals surface area (Å²) in [7, 11) is 0. The molecule has 1 unspecified atom stereocenters. The van der Waals surface area contributed by atoms with E-state index in [0.29, 0.717) is 17.6 Å². The van der Waals surface area contributed by atoms with Crippen molar-refractivity contribution in [3.8, 4) is 0 Å². The first-order valence-corrected chi connectivity index (χ1v) is 6.93. The quantitative estimate of drug-likeness (QED) is 0.917. The highest BCUT2D eigenvalue weighted by Gasteiger charge is 2.45. The summed E-state index contributed by atoms with van der Waals surface area (Å²) < 4.78 is 0. The van der Waals surface area contributed by atoms with Crippen LogP contribution in [0, 0.1) is 5.41 Å². The van der Waals surface area contributed by atoms with Gasteiger partial charge in [0.1, 0.15) is 0 Å². The summed E-state index contributed by atoms with van der Waals surface area (Å²) >= 11 is 6.33. The average Bonchev–Trinajstić information content (AvgIpc) is 2.70. The van der Waals surface area contributed by atoms with Crippen LogP contribution < -0.4 is 4.90 Å². The van der Waals surface area contributed by atoms with E-state index >= 15 is 0 Å². The first kappa shape index (κ1) is 14.2. The van der Waals surface area contributed by atoms with Crippen LogP contribution in [-0.4, -0.2) is 23.7 Å². The normalized spacial score (nSPS) is 18.8. The lowest BCUT2D eigenvalue weighted by Gasteiger charge is -2.29. The highest BCUT2D eigenvalue weighted by atomic mass is 35.5. The summed E-state index contributed by atoms with van der Waals surface area (Å²) in [6.07, 6.45) is 0. The number of rotatable bonds is 3. The van der Waals surface area contributed by atoms with Gasteiger partial charge in [-0.05, 0) is 39.8 Å². The molecule has 0 amide bonds. The van der Waals surface area contributed by atoms with Crippen LogP contribution in [0.1, 0.15) is 39.2 Å². The fourth-order valence-corrected chi connectivity index (χ4v) is 3.04. The van der Waals surface area contributed by atoms with Gasteiger partial charge in [-0.2, -0.15) is 0 Å². The van der Waals surface area contributed by atoms with Crippen LogP contribution in [0.15, 0.2) is 18.2 Å². The second-order valence-corrected chi connectivity index (χ2v) is 6.41. The largest absolute Gasteiger partial charge is 0.481 e. The molecule has 3 nitrogen and oxygen atoms in total. The van der Waals surface area contributed by atoms with Gasteiger partial charge >= 0.3 is 5.97 Å². The van der Waals surface area contributed by atoms with E-state index in [4.69, 9.17) is 11.6 Å². The van der Waals surface area contributed by atoms with Gasteiger partial charge in [-0.25, -0.2) is 0 Å². The standard InChI is InChI=1S/C15H20ClNO2/c1-9(2)17-8-10(15(3,4)14(18)19)13-11(16)6-5-7-12(13)17/h5-7,9-10H,8H2,1-4H3,(H,18,19). The van der Waals surface area contributed by atoms with Gasteiger partial charge in [0.2, 0.25) is 0 Å². The second kappa shape index (κ2) is 4.71. The predicted molar refractivity (Wildman–Crippen MR) is 78.1 cm³/mol. The molecule has 1 aliphatic heterocycles. The third-order valence-corrected chi connectivity index (χ3v) is 4.44. The molecule has 0 fully saturated rings. The number of aliphatic carboxylic acids is 1. The monoisotopic (exact) mass is 281 g/mol. The Bertz CT molecular complexity index is 511. The van der Waals surface area contributed by atoms with E-state index in [9.17, 15) is 9.90 Å². The lowest BCUT2D eigenvalue weighted by atomic mass is 9.76. The maximum Gasteiger partial charge on any atom is 0.309 e. The first-order valence-electron chi connectivity index (χ1n) is 6.55. The van der Waals surface area contributed by atoms with Crippen molar-refractivity contribution in [1.29, 1.82) is 0 Å². The van der Waals surface area contributed by atoms with Gasteiger partial charge in [-0.3, -0.25) is 4.79 Å². The number of benzene rings is 1. The molecule has 0 saturated heterocycles. The van der Waals surface area contributed by atoms with E-state index in [2.05, 4.69) is 18.7 Å². The maximum atomic E-state index is 11.5. The van der Waals surface area contributed by atoms with E-state index in [1.807, 2.05) is 18.2 Å². The molecule has 1 atom stereocenters. The number of carbonyl (C=O) groups is 1. The van der Waals surface area contributed by atoms with Crippen molar-refractivity contribution in [3.05, 3.63) is 28.8 Å². The molecule has 4 heteroatoms. The van der Waals surface area contributed by atoms with Gasteiger partial charge in [-0.1, -0.05) is 17.7 Å². The Morgan fingerprint density at radius 3 is 2.63 bits per heavy atom. The Morgan fingerprint density at radius 1 is 1.47 bits per heavy atom. The van der Waals surface area contributed by atoms with Crippen LogP contribution in [0.4, 0.5) is 5.69 Å². The van der Waals surface area contributed by atoms with Crippen LogP contribution in [0.3, 0.4) is 0 Å². The molecule has 0 aliphatic carbocycles. The fourth-order valence-electron chi connectivity index (χ4n) is 2.73. The molecule has 1 aromatic carbocycles. The molecule has 0 spiro atoms. The van der Waals surface area contributed by atoms with E-state index in [1.165, 1.54) is 0 Å². The lowest BCUT2D eigenvalue weighted by molar-refractivity contribution is -0.148. The van der Waals surface area contributed by atoms with Gasteiger partial charge in [0.15, 0.2) is 0 Å². The van der Waals surface area contributed by atoms with Gasteiger partial charge in [0, 0.05) is 34.8 Å². The minimum absolute atomic E-state index is 0.0869. The number of anilines is 1. The summed E-state index contributed by atoms with van der Waals surface area (Å²) in [5, 5.41) is 10.1. The molecule has 0 aromatic heterocycles. The third-order valence-electron chi connectivity index (χ3n) is 4.11. The van der Waals surface area contributed by atoms with Crippen LogP contribution in [-0.2, 0) is 4.79 Å². The van der Waals surface area contributed by atoms with Gasteiger partial charge in [-0.15, -0.1) is 0 Å². The topological polar surface area (TPSA) is 40.5 Å². The Hall–Kier alpha value is -1.22.